The molecule has 2 fully saturated rings. The fourth-order valence-electron chi connectivity index (χ4n) is 3.06. The number of nitrogens with one attached hydrogen (secondary N) is 2. The molecule has 1 unspecified atom stereocenters. The number of anilines is 1. The number of rotatable bonds is 2. The van der Waals surface area contributed by atoms with Crippen molar-refractivity contribution in [3.05, 3.63) is 29.8 Å². The van der Waals surface area contributed by atoms with Gasteiger partial charge in [-0.15, -0.1) is 12.4 Å². The Morgan fingerprint density at radius 1 is 1.26 bits per heavy atom. The van der Waals surface area contributed by atoms with Gasteiger partial charge in [-0.3, -0.25) is 4.79 Å². The monoisotopic (exact) mass is 280 g/mol. The van der Waals surface area contributed by atoms with Crippen molar-refractivity contribution in [1.29, 1.82) is 0 Å². The Morgan fingerprint density at radius 2 is 1.89 bits per heavy atom. The minimum atomic E-state index is 0. The zero-order valence-corrected chi connectivity index (χ0v) is 12.1. The van der Waals surface area contributed by atoms with E-state index >= 15 is 0 Å². The minimum absolute atomic E-state index is 0. The van der Waals surface area contributed by atoms with Gasteiger partial charge in [0.25, 0.3) is 0 Å². The van der Waals surface area contributed by atoms with Gasteiger partial charge >= 0.3 is 0 Å². The van der Waals surface area contributed by atoms with Crippen LogP contribution in [0.5, 0.6) is 0 Å². The Morgan fingerprint density at radius 3 is 2.53 bits per heavy atom. The van der Waals surface area contributed by atoms with Crippen LogP contribution >= 0.6 is 12.4 Å². The molecule has 1 spiro atoms. The average Bonchev–Trinajstić information content (AvgIpc) is 3.07. The highest BCUT2D eigenvalue weighted by Crippen LogP contribution is 2.58. The molecule has 4 heteroatoms. The molecule has 0 radical (unpaired) electrons. The lowest BCUT2D eigenvalue weighted by molar-refractivity contribution is -0.118. The summed E-state index contributed by atoms with van der Waals surface area (Å²) in [7, 11) is 0. The quantitative estimate of drug-likeness (QED) is 0.875. The molecule has 1 heterocycles. The van der Waals surface area contributed by atoms with E-state index in [4.69, 9.17) is 0 Å². The number of halogens is 1. The summed E-state index contributed by atoms with van der Waals surface area (Å²) in [5.74, 6) is 0.446. The van der Waals surface area contributed by atoms with E-state index in [1.807, 2.05) is 24.3 Å². The molecule has 0 bridgehead atoms. The van der Waals surface area contributed by atoms with Crippen LogP contribution in [0.15, 0.2) is 24.3 Å². The van der Waals surface area contributed by atoms with E-state index in [2.05, 4.69) is 17.6 Å². The summed E-state index contributed by atoms with van der Waals surface area (Å²) in [6.07, 6.45) is 3.38. The summed E-state index contributed by atoms with van der Waals surface area (Å²) in [6.45, 7) is 4.18. The molecule has 1 aliphatic heterocycles. The molecule has 2 aliphatic rings. The van der Waals surface area contributed by atoms with Crippen LogP contribution in [-0.2, 0) is 4.79 Å². The standard InChI is InChI=1S/C15H20N2O.ClH/c1-11-2-4-12(5-3-11)17-14(18)13-10-15(13)6-8-16-9-7-15;/h2-5,13,16H,6-10H2,1H3,(H,17,18);1H. The highest BCUT2D eigenvalue weighted by Gasteiger charge is 2.57. The molecule has 104 valence electrons. The lowest BCUT2D eigenvalue weighted by atomic mass is 9.92. The van der Waals surface area contributed by atoms with Crippen LogP contribution in [0, 0.1) is 18.3 Å². The maximum absolute atomic E-state index is 12.2. The number of amides is 1. The molecule has 1 atom stereocenters. The number of hydrogen-bond acceptors (Lipinski definition) is 2. The third-order valence-electron chi connectivity index (χ3n) is 4.42. The van der Waals surface area contributed by atoms with Crippen LogP contribution in [-0.4, -0.2) is 19.0 Å². The predicted octanol–water partition coefficient (Wildman–Crippen LogP) is 2.75. The van der Waals surface area contributed by atoms with Crippen molar-refractivity contribution in [3.8, 4) is 0 Å². The van der Waals surface area contributed by atoms with Crippen molar-refractivity contribution in [2.45, 2.75) is 26.2 Å². The van der Waals surface area contributed by atoms with Crippen LogP contribution in [0.4, 0.5) is 5.69 Å². The Kier molecular flexibility index (Phi) is 4.16. The number of aryl methyl sites for hydroxylation is 1. The van der Waals surface area contributed by atoms with Crippen molar-refractivity contribution in [3.63, 3.8) is 0 Å². The molecular weight excluding hydrogens is 260 g/mol. The number of piperidine rings is 1. The number of benzene rings is 1. The first kappa shape index (κ1) is 14.4. The lowest BCUT2D eigenvalue weighted by Crippen LogP contribution is -2.31. The highest BCUT2D eigenvalue weighted by atomic mass is 35.5. The number of carbonyl (C=O) groups excluding carboxylic acids is 1. The summed E-state index contributed by atoms with van der Waals surface area (Å²) in [6, 6.07) is 8.01. The zero-order valence-electron chi connectivity index (χ0n) is 11.2. The first-order valence-electron chi connectivity index (χ1n) is 6.78. The molecular formula is C15H21ClN2O. The van der Waals surface area contributed by atoms with Crippen LogP contribution in [0.2, 0.25) is 0 Å². The zero-order chi connectivity index (χ0) is 12.6. The van der Waals surface area contributed by atoms with Crippen LogP contribution in [0.3, 0.4) is 0 Å². The number of carbonyl (C=O) groups is 1. The van der Waals surface area contributed by atoms with Crippen molar-refractivity contribution in [2.24, 2.45) is 11.3 Å². The molecule has 1 aliphatic carbocycles. The second kappa shape index (κ2) is 5.51. The first-order chi connectivity index (χ1) is 8.70. The van der Waals surface area contributed by atoms with Crippen molar-refractivity contribution < 1.29 is 4.79 Å². The van der Waals surface area contributed by atoms with Gasteiger partial charge in [-0.1, -0.05) is 17.7 Å². The molecule has 1 aromatic carbocycles. The van der Waals surface area contributed by atoms with E-state index < -0.39 is 0 Å². The third-order valence-corrected chi connectivity index (χ3v) is 4.42. The summed E-state index contributed by atoms with van der Waals surface area (Å²) in [5, 5.41) is 6.41. The Balaban J connectivity index is 0.00000133. The third kappa shape index (κ3) is 2.93. The summed E-state index contributed by atoms with van der Waals surface area (Å²) >= 11 is 0. The SMILES string of the molecule is Cc1ccc(NC(=O)C2CC23CCNCC3)cc1.Cl. The van der Waals surface area contributed by atoms with E-state index in [9.17, 15) is 4.79 Å². The Hall–Kier alpha value is -1.06. The molecule has 1 aromatic rings. The van der Waals surface area contributed by atoms with Crippen molar-refractivity contribution in [2.75, 3.05) is 18.4 Å². The Bertz CT molecular complexity index is 452. The maximum Gasteiger partial charge on any atom is 0.228 e. The fourth-order valence-corrected chi connectivity index (χ4v) is 3.06. The number of hydrogen-bond donors (Lipinski definition) is 2. The molecule has 1 amide bonds. The van der Waals surface area contributed by atoms with Gasteiger partial charge in [0.15, 0.2) is 0 Å². The average molecular weight is 281 g/mol. The Labute approximate surface area is 120 Å². The molecule has 0 aromatic heterocycles. The van der Waals surface area contributed by atoms with Crippen molar-refractivity contribution in [1.82, 2.24) is 5.32 Å². The fraction of sp³-hybridized carbons (Fsp3) is 0.533. The van der Waals surface area contributed by atoms with Gasteiger partial charge in [0, 0.05) is 11.6 Å². The van der Waals surface area contributed by atoms with Gasteiger partial charge in [-0.25, -0.2) is 0 Å². The van der Waals surface area contributed by atoms with Crippen LogP contribution in [0.25, 0.3) is 0 Å². The first-order valence-corrected chi connectivity index (χ1v) is 6.78. The minimum Gasteiger partial charge on any atom is -0.326 e. The predicted molar refractivity (Wildman–Crippen MR) is 79.7 cm³/mol. The summed E-state index contributed by atoms with van der Waals surface area (Å²) in [4.78, 5) is 12.2. The van der Waals surface area contributed by atoms with E-state index in [-0.39, 0.29) is 24.2 Å². The van der Waals surface area contributed by atoms with E-state index in [0.29, 0.717) is 5.41 Å². The van der Waals surface area contributed by atoms with Gasteiger partial charge in [-0.2, -0.15) is 0 Å². The van der Waals surface area contributed by atoms with Gasteiger partial charge in [-0.05, 0) is 56.8 Å². The molecule has 2 N–H and O–H groups in total. The van der Waals surface area contributed by atoms with E-state index in [1.54, 1.807) is 0 Å². The maximum atomic E-state index is 12.2. The molecule has 3 rings (SSSR count). The molecule has 3 nitrogen and oxygen atoms in total. The van der Waals surface area contributed by atoms with Gasteiger partial charge < -0.3 is 10.6 Å². The van der Waals surface area contributed by atoms with E-state index in [0.717, 1.165) is 38.0 Å². The molecule has 19 heavy (non-hydrogen) atoms. The molecule has 1 saturated carbocycles. The highest BCUT2D eigenvalue weighted by molar-refractivity contribution is 5.95. The van der Waals surface area contributed by atoms with Crippen LogP contribution < -0.4 is 10.6 Å². The second-order valence-electron chi connectivity index (χ2n) is 5.72. The van der Waals surface area contributed by atoms with Gasteiger partial charge in [0.2, 0.25) is 5.91 Å². The topological polar surface area (TPSA) is 41.1 Å². The van der Waals surface area contributed by atoms with Gasteiger partial charge in [0.1, 0.15) is 0 Å². The van der Waals surface area contributed by atoms with Crippen molar-refractivity contribution >= 4 is 24.0 Å². The normalized spacial score (nSPS) is 23.5. The summed E-state index contributed by atoms with van der Waals surface area (Å²) in [5.41, 5.74) is 2.45. The summed E-state index contributed by atoms with van der Waals surface area (Å²) < 4.78 is 0. The smallest absolute Gasteiger partial charge is 0.228 e. The van der Waals surface area contributed by atoms with Crippen LogP contribution in [0.1, 0.15) is 24.8 Å². The molecule has 1 saturated heterocycles. The van der Waals surface area contributed by atoms with Gasteiger partial charge in [0.05, 0.1) is 0 Å². The largest absolute Gasteiger partial charge is 0.326 e. The van der Waals surface area contributed by atoms with E-state index in [1.165, 1.54) is 5.56 Å². The second-order valence-corrected chi connectivity index (χ2v) is 5.72. The lowest BCUT2D eigenvalue weighted by Gasteiger charge is -2.23.